The van der Waals surface area contributed by atoms with Gasteiger partial charge in [-0.15, -0.1) is 0 Å². The molecule has 1 spiro atoms. The molecule has 4 aromatic rings. The molecule has 3 aromatic carbocycles. The molecule has 7 heteroatoms. The quantitative estimate of drug-likeness (QED) is 0.251. The van der Waals surface area contributed by atoms with Crippen molar-refractivity contribution in [3.8, 4) is 0 Å². The first-order chi connectivity index (χ1) is 20.7. The average Bonchev–Trinajstić information content (AvgIpc) is 3.41. The van der Waals surface area contributed by atoms with Crippen LogP contribution in [0.25, 0.3) is 0 Å². The molecule has 2 heterocycles. The number of sulfonamides is 1. The van der Waals surface area contributed by atoms with Gasteiger partial charge in [0, 0.05) is 23.4 Å². The molecule has 43 heavy (non-hydrogen) atoms. The molecule has 6 nitrogen and oxygen atoms in total. The maximum atomic E-state index is 14.0. The third kappa shape index (κ3) is 3.60. The van der Waals surface area contributed by atoms with Crippen LogP contribution in [0.1, 0.15) is 67.8 Å². The number of rotatable bonds is 6. The van der Waals surface area contributed by atoms with E-state index in [4.69, 9.17) is 4.98 Å². The van der Waals surface area contributed by atoms with Crippen LogP contribution in [0.2, 0.25) is 0 Å². The van der Waals surface area contributed by atoms with Gasteiger partial charge in [0.15, 0.2) is 0 Å². The summed E-state index contributed by atoms with van der Waals surface area (Å²) in [6, 6.07) is 31.1. The smallest absolute Gasteiger partial charge is 0.240 e. The highest BCUT2D eigenvalue weighted by Crippen LogP contribution is 2.70. The van der Waals surface area contributed by atoms with E-state index in [1.165, 1.54) is 4.31 Å². The summed E-state index contributed by atoms with van der Waals surface area (Å²) in [6.45, 7) is 4.44. The van der Waals surface area contributed by atoms with E-state index in [0.717, 1.165) is 41.6 Å². The Bertz CT molecular complexity index is 1710. The highest BCUT2D eigenvalue weighted by molar-refractivity contribution is 7.90. The topological polar surface area (TPSA) is 72.3 Å². The zero-order chi connectivity index (χ0) is 29.6. The molecule has 1 amide bonds. The predicted octanol–water partition coefficient (Wildman–Crippen LogP) is 6.19. The summed E-state index contributed by atoms with van der Waals surface area (Å²) >= 11 is 0. The molecule has 2 bridgehead atoms. The van der Waals surface area contributed by atoms with Gasteiger partial charge in [-0.25, -0.2) is 17.7 Å². The van der Waals surface area contributed by atoms with Gasteiger partial charge in [-0.1, -0.05) is 105 Å². The fraction of sp³-hybridized carbons (Fsp3) is 0.389. The Morgan fingerprint density at radius 1 is 0.860 bits per heavy atom. The van der Waals surface area contributed by atoms with Crippen LogP contribution in [0, 0.1) is 22.7 Å². The SMILES string of the molecule is CC1(C)[C@@H]2CC[C@]13CS(=O)(=O)N(C(=O)[C@H]1C[C@@H]1c1cn(C(c4ccccc4)(c4ccccc4)c4ccccc4)cn1)[C@@H]3C2. The molecule has 8 rings (SSSR count). The van der Waals surface area contributed by atoms with Gasteiger partial charge in [0.1, 0.15) is 5.54 Å². The molecule has 1 aromatic heterocycles. The van der Waals surface area contributed by atoms with Crippen LogP contribution in [0.4, 0.5) is 0 Å². The summed E-state index contributed by atoms with van der Waals surface area (Å²) in [5.41, 5.74) is 3.11. The first kappa shape index (κ1) is 26.9. The molecule has 3 saturated carbocycles. The zero-order valence-electron chi connectivity index (χ0n) is 24.6. The lowest BCUT2D eigenvalue weighted by Gasteiger charge is -2.37. The number of carbonyl (C=O) groups is 1. The lowest BCUT2D eigenvalue weighted by molar-refractivity contribution is -0.130. The van der Waals surface area contributed by atoms with Crippen LogP contribution in [0.15, 0.2) is 104 Å². The van der Waals surface area contributed by atoms with Crippen LogP contribution in [0.5, 0.6) is 0 Å². The molecular formula is C36H37N3O3S. The molecule has 4 aliphatic rings. The summed E-state index contributed by atoms with van der Waals surface area (Å²) in [6.07, 6.45) is 7.35. The number of carbonyl (C=O) groups excluding carboxylic acids is 1. The van der Waals surface area contributed by atoms with Crippen molar-refractivity contribution < 1.29 is 13.2 Å². The Morgan fingerprint density at radius 3 is 1.95 bits per heavy atom. The van der Waals surface area contributed by atoms with Crippen molar-refractivity contribution in [3.05, 3.63) is 126 Å². The number of hydrogen-bond donors (Lipinski definition) is 0. The summed E-state index contributed by atoms with van der Waals surface area (Å²) < 4.78 is 30.6. The first-order valence-corrected chi connectivity index (χ1v) is 17.1. The standard InChI is InChI=1S/C36H37N3O3S/c1-34(2)28-18-19-35(34)23-43(41,42)39(32(35)20-28)33(40)30-21-29(30)31-22-38(24-37-31)36(25-12-6-3-7-13-25,26-14-8-4-9-15-26)27-16-10-5-11-17-27/h3-17,22,24,28-30,32H,18-21,23H2,1-2H3/t28-,29+,30+,32-,35-/m1/s1. The number of nitrogens with zero attached hydrogens (tertiary/aromatic N) is 3. The van der Waals surface area contributed by atoms with E-state index in [9.17, 15) is 13.2 Å². The Morgan fingerprint density at radius 2 is 1.42 bits per heavy atom. The Hall–Kier alpha value is -3.71. The second kappa shape index (κ2) is 9.15. The first-order valence-electron chi connectivity index (χ1n) is 15.5. The van der Waals surface area contributed by atoms with Crippen molar-refractivity contribution in [3.63, 3.8) is 0 Å². The summed E-state index contributed by atoms with van der Waals surface area (Å²) in [4.78, 5) is 18.9. The number of amides is 1. The van der Waals surface area contributed by atoms with Gasteiger partial charge in [-0.3, -0.25) is 4.79 Å². The highest BCUT2D eigenvalue weighted by atomic mass is 32.2. The molecule has 1 aliphatic heterocycles. The van der Waals surface area contributed by atoms with Crippen molar-refractivity contribution in [1.82, 2.24) is 13.9 Å². The van der Waals surface area contributed by atoms with Crippen LogP contribution < -0.4 is 0 Å². The number of benzene rings is 3. The normalized spacial score (nSPS) is 29.9. The number of hydrogen-bond acceptors (Lipinski definition) is 4. The Labute approximate surface area is 253 Å². The monoisotopic (exact) mass is 591 g/mol. The van der Waals surface area contributed by atoms with Gasteiger partial charge >= 0.3 is 0 Å². The van der Waals surface area contributed by atoms with Crippen molar-refractivity contribution in [2.75, 3.05) is 5.75 Å². The molecule has 4 fully saturated rings. The van der Waals surface area contributed by atoms with Crippen LogP contribution in [-0.4, -0.2) is 40.0 Å². The van der Waals surface area contributed by atoms with E-state index in [1.807, 2.05) is 24.5 Å². The van der Waals surface area contributed by atoms with Gasteiger partial charge in [0.25, 0.3) is 0 Å². The maximum Gasteiger partial charge on any atom is 0.240 e. The van der Waals surface area contributed by atoms with Gasteiger partial charge in [-0.2, -0.15) is 0 Å². The van der Waals surface area contributed by atoms with Crippen molar-refractivity contribution in [2.45, 2.75) is 57.0 Å². The van der Waals surface area contributed by atoms with Crippen molar-refractivity contribution >= 4 is 15.9 Å². The van der Waals surface area contributed by atoms with Crippen LogP contribution in [0.3, 0.4) is 0 Å². The molecule has 1 saturated heterocycles. The summed E-state index contributed by atoms with van der Waals surface area (Å²) in [5.74, 6) is -0.0665. The minimum absolute atomic E-state index is 0.0584. The molecule has 5 atom stereocenters. The molecule has 220 valence electrons. The predicted molar refractivity (Wildman–Crippen MR) is 166 cm³/mol. The van der Waals surface area contributed by atoms with E-state index < -0.39 is 15.6 Å². The Kier molecular flexibility index (Phi) is 5.72. The third-order valence-electron chi connectivity index (χ3n) is 11.7. The highest BCUT2D eigenvalue weighted by Gasteiger charge is 2.73. The molecule has 0 unspecified atom stereocenters. The minimum Gasteiger partial charge on any atom is -0.319 e. The van der Waals surface area contributed by atoms with Gasteiger partial charge in [0.2, 0.25) is 15.9 Å². The molecule has 0 radical (unpaired) electrons. The van der Waals surface area contributed by atoms with Crippen LogP contribution >= 0.6 is 0 Å². The van der Waals surface area contributed by atoms with Gasteiger partial charge in [0.05, 0.1) is 23.8 Å². The van der Waals surface area contributed by atoms with E-state index in [1.54, 1.807) is 0 Å². The lowest BCUT2D eigenvalue weighted by Crippen LogP contribution is -2.44. The van der Waals surface area contributed by atoms with Crippen molar-refractivity contribution in [2.24, 2.45) is 22.7 Å². The maximum absolute atomic E-state index is 14.0. The fourth-order valence-electron chi connectivity index (χ4n) is 9.24. The molecular weight excluding hydrogens is 554 g/mol. The molecule has 0 N–H and O–H groups in total. The summed E-state index contributed by atoms with van der Waals surface area (Å²) in [5, 5.41) is 0. The van der Waals surface area contributed by atoms with E-state index in [-0.39, 0.29) is 40.4 Å². The largest absolute Gasteiger partial charge is 0.319 e. The fourth-order valence-corrected chi connectivity index (χ4v) is 11.8. The zero-order valence-corrected chi connectivity index (χ0v) is 25.5. The number of aromatic nitrogens is 2. The van der Waals surface area contributed by atoms with Gasteiger partial charge < -0.3 is 4.57 Å². The number of fused-ring (bicyclic) bond motifs is 1. The Balaban J connectivity index is 1.16. The molecule has 3 aliphatic carbocycles. The van der Waals surface area contributed by atoms with E-state index >= 15 is 0 Å². The minimum atomic E-state index is -3.64. The number of imidazole rings is 1. The average molecular weight is 592 g/mol. The second-order valence-corrected chi connectivity index (χ2v) is 15.6. The summed E-state index contributed by atoms with van der Waals surface area (Å²) in [7, 11) is -3.64. The van der Waals surface area contributed by atoms with Gasteiger partial charge in [-0.05, 0) is 53.7 Å². The second-order valence-electron chi connectivity index (χ2n) is 13.7. The lowest BCUT2D eigenvalue weighted by atomic mass is 9.69. The van der Waals surface area contributed by atoms with E-state index in [0.29, 0.717) is 12.3 Å². The third-order valence-corrected chi connectivity index (χ3v) is 13.6. The van der Waals surface area contributed by atoms with Crippen LogP contribution in [-0.2, 0) is 20.4 Å². The van der Waals surface area contributed by atoms with Crippen molar-refractivity contribution in [1.29, 1.82) is 0 Å². The van der Waals surface area contributed by atoms with E-state index in [2.05, 4.69) is 97.4 Å².